The van der Waals surface area contributed by atoms with Gasteiger partial charge in [0.15, 0.2) is 5.82 Å². The minimum absolute atomic E-state index is 0.0641. The van der Waals surface area contributed by atoms with E-state index in [0.29, 0.717) is 0 Å². The molecular weight excluding hydrogens is 270 g/mol. The summed E-state index contributed by atoms with van der Waals surface area (Å²) in [5, 5.41) is 13.7. The molecule has 5 nitrogen and oxygen atoms in total. The summed E-state index contributed by atoms with van der Waals surface area (Å²) in [5.74, 6) is 0.731. The van der Waals surface area contributed by atoms with Crippen molar-refractivity contribution in [2.45, 2.75) is 25.9 Å². The molecule has 0 fully saturated rings. The van der Waals surface area contributed by atoms with Crippen LogP contribution in [0.2, 0.25) is 0 Å². The fourth-order valence-electron chi connectivity index (χ4n) is 1.82. The standard InChI is InChI=1S/C14H15N5S/c1-14(2,3)11-6-9-16-19-12(17-18-13(19)20-11)10-4-7-15-8-5-10/h4-9H,1-3H3. The van der Waals surface area contributed by atoms with Gasteiger partial charge in [-0.2, -0.15) is 9.78 Å². The van der Waals surface area contributed by atoms with Crippen LogP contribution < -0.4 is 0 Å². The minimum atomic E-state index is 0.0641. The summed E-state index contributed by atoms with van der Waals surface area (Å²) < 4.78 is 1.77. The topological polar surface area (TPSA) is 56.0 Å². The third-order valence-electron chi connectivity index (χ3n) is 2.90. The number of nitrogens with zero attached hydrogens (tertiary/aromatic N) is 5. The van der Waals surface area contributed by atoms with E-state index < -0.39 is 0 Å². The second-order valence-electron chi connectivity index (χ2n) is 5.50. The first-order chi connectivity index (χ1) is 9.55. The van der Waals surface area contributed by atoms with Gasteiger partial charge in [0.05, 0.1) is 0 Å². The molecular formula is C14H15N5S. The Balaban J connectivity index is 2.02. The molecule has 0 spiro atoms. The lowest BCUT2D eigenvalue weighted by atomic mass is 9.96. The molecule has 0 radical (unpaired) electrons. The van der Waals surface area contributed by atoms with Gasteiger partial charge in [-0.15, -0.1) is 10.2 Å². The minimum Gasteiger partial charge on any atom is -0.265 e. The predicted octanol–water partition coefficient (Wildman–Crippen LogP) is 3.21. The van der Waals surface area contributed by atoms with Gasteiger partial charge in [0.25, 0.3) is 0 Å². The van der Waals surface area contributed by atoms with Gasteiger partial charge >= 0.3 is 0 Å². The zero-order valence-electron chi connectivity index (χ0n) is 11.6. The van der Waals surface area contributed by atoms with Crippen molar-refractivity contribution in [2.75, 3.05) is 0 Å². The Labute approximate surface area is 121 Å². The number of aromatic nitrogens is 4. The maximum Gasteiger partial charge on any atom is 0.216 e. The molecule has 2 aromatic rings. The smallest absolute Gasteiger partial charge is 0.216 e. The molecule has 6 heteroatoms. The van der Waals surface area contributed by atoms with E-state index >= 15 is 0 Å². The molecule has 1 aliphatic heterocycles. The SMILES string of the molecule is CC(C)(C)C1=CC=Nn2c(nnc2-c2ccncc2)S1. The summed E-state index contributed by atoms with van der Waals surface area (Å²) in [6.07, 6.45) is 7.32. The summed E-state index contributed by atoms with van der Waals surface area (Å²) >= 11 is 1.61. The molecule has 0 unspecified atom stereocenters. The van der Waals surface area contributed by atoms with Crippen LogP contribution in [0.4, 0.5) is 0 Å². The lowest BCUT2D eigenvalue weighted by molar-refractivity contribution is 0.533. The van der Waals surface area contributed by atoms with Crippen molar-refractivity contribution in [3.63, 3.8) is 0 Å². The highest BCUT2D eigenvalue weighted by Crippen LogP contribution is 2.39. The van der Waals surface area contributed by atoms with Crippen molar-refractivity contribution < 1.29 is 0 Å². The third-order valence-corrected chi connectivity index (χ3v) is 4.30. The number of hydrogen-bond acceptors (Lipinski definition) is 5. The summed E-state index contributed by atoms with van der Waals surface area (Å²) in [5.41, 5.74) is 1.02. The van der Waals surface area contributed by atoms with Gasteiger partial charge in [-0.1, -0.05) is 32.5 Å². The quantitative estimate of drug-likeness (QED) is 0.807. The summed E-state index contributed by atoms with van der Waals surface area (Å²) in [6, 6.07) is 3.81. The van der Waals surface area contributed by atoms with Gasteiger partial charge < -0.3 is 0 Å². The van der Waals surface area contributed by atoms with Crippen LogP contribution in [0.1, 0.15) is 20.8 Å². The van der Waals surface area contributed by atoms with Gasteiger partial charge in [0.2, 0.25) is 5.16 Å². The van der Waals surface area contributed by atoms with Crippen molar-refractivity contribution in [1.82, 2.24) is 19.9 Å². The number of hydrogen-bond donors (Lipinski definition) is 0. The second kappa shape index (κ2) is 4.86. The first-order valence-electron chi connectivity index (χ1n) is 6.34. The first kappa shape index (κ1) is 13.1. The summed E-state index contributed by atoms with van der Waals surface area (Å²) in [7, 11) is 0. The average molecular weight is 285 g/mol. The third kappa shape index (κ3) is 2.38. The number of allylic oxidation sites excluding steroid dienone is 2. The van der Waals surface area contributed by atoms with Crippen LogP contribution in [0.25, 0.3) is 11.4 Å². The largest absolute Gasteiger partial charge is 0.265 e. The van der Waals surface area contributed by atoms with Crippen LogP contribution in [0.5, 0.6) is 0 Å². The van der Waals surface area contributed by atoms with E-state index in [-0.39, 0.29) is 5.41 Å². The number of rotatable bonds is 1. The van der Waals surface area contributed by atoms with Crippen molar-refractivity contribution in [3.8, 4) is 11.4 Å². The van der Waals surface area contributed by atoms with Gasteiger partial charge in [-0.05, 0) is 28.5 Å². The molecule has 0 atom stereocenters. The predicted molar refractivity (Wildman–Crippen MR) is 80.5 cm³/mol. The number of thioether (sulfide) groups is 1. The lowest BCUT2D eigenvalue weighted by Crippen LogP contribution is -2.06. The molecule has 0 N–H and O–H groups in total. The van der Waals surface area contributed by atoms with Gasteiger partial charge in [-0.3, -0.25) is 4.98 Å². The maximum atomic E-state index is 4.44. The molecule has 0 saturated heterocycles. The van der Waals surface area contributed by atoms with Crippen molar-refractivity contribution in [3.05, 3.63) is 35.5 Å². The van der Waals surface area contributed by atoms with Crippen LogP contribution in [0.15, 0.2) is 45.8 Å². The highest BCUT2D eigenvalue weighted by atomic mass is 32.2. The molecule has 0 saturated carbocycles. The molecule has 0 bridgehead atoms. The van der Waals surface area contributed by atoms with Gasteiger partial charge in [-0.25, -0.2) is 0 Å². The maximum absolute atomic E-state index is 4.44. The Bertz CT molecular complexity index is 679. The molecule has 1 aliphatic rings. The molecule has 20 heavy (non-hydrogen) atoms. The average Bonchev–Trinajstić information content (AvgIpc) is 2.68. The Kier molecular flexibility index (Phi) is 3.17. The number of fused-ring (bicyclic) bond motifs is 1. The Morgan fingerprint density at radius 3 is 2.55 bits per heavy atom. The van der Waals surface area contributed by atoms with Crippen molar-refractivity contribution >= 4 is 18.0 Å². The summed E-state index contributed by atoms with van der Waals surface area (Å²) in [6.45, 7) is 6.53. The van der Waals surface area contributed by atoms with Crippen LogP contribution >= 0.6 is 11.8 Å². The molecule has 0 amide bonds. The summed E-state index contributed by atoms with van der Waals surface area (Å²) in [4.78, 5) is 5.24. The number of pyridine rings is 1. The molecule has 0 aromatic carbocycles. The lowest BCUT2D eigenvalue weighted by Gasteiger charge is -2.20. The fraction of sp³-hybridized carbons (Fsp3) is 0.286. The molecule has 2 aromatic heterocycles. The van der Waals surface area contributed by atoms with E-state index in [2.05, 4.69) is 41.1 Å². The van der Waals surface area contributed by atoms with E-state index in [1.165, 1.54) is 4.91 Å². The van der Waals surface area contributed by atoms with Gasteiger partial charge in [0, 0.05) is 24.2 Å². The van der Waals surface area contributed by atoms with Crippen LogP contribution in [-0.2, 0) is 0 Å². The second-order valence-corrected chi connectivity index (χ2v) is 6.51. The van der Waals surface area contributed by atoms with Crippen molar-refractivity contribution in [1.29, 1.82) is 0 Å². The highest BCUT2D eigenvalue weighted by Gasteiger charge is 2.23. The fourth-order valence-corrected chi connectivity index (χ4v) is 2.75. The molecule has 3 rings (SSSR count). The normalized spacial score (nSPS) is 14.7. The van der Waals surface area contributed by atoms with E-state index in [1.807, 2.05) is 18.2 Å². The van der Waals surface area contributed by atoms with E-state index in [4.69, 9.17) is 0 Å². The van der Waals surface area contributed by atoms with E-state index in [9.17, 15) is 0 Å². The zero-order valence-corrected chi connectivity index (χ0v) is 12.4. The van der Waals surface area contributed by atoms with Crippen LogP contribution in [0, 0.1) is 5.41 Å². The van der Waals surface area contributed by atoms with Gasteiger partial charge in [0.1, 0.15) is 0 Å². The van der Waals surface area contributed by atoms with E-state index in [0.717, 1.165) is 16.5 Å². The Hall–Kier alpha value is -1.95. The monoisotopic (exact) mass is 285 g/mol. The van der Waals surface area contributed by atoms with Crippen LogP contribution in [0.3, 0.4) is 0 Å². The van der Waals surface area contributed by atoms with E-state index in [1.54, 1.807) is 35.0 Å². The van der Waals surface area contributed by atoms with Crippen LogP contribution in [-0.4, -0.2) is 26.1 Å². The Morgan fingerprint density at radius 2 is 1.85 bits per heavy atom. The molecule has 0 aliphatic carbocycles. The molecule has 3 heterocycles. The highest BCUT2D eigenvalue weighted by molar-refractivity contribution is 8.03. The first-order valence-corrected chi connectivity index (χ1v) is 7.16. The molecule has 102 valence electrons. The van der Waals surface area contributed by atoms with Crippen molar-refractivity contribution in [2.24, 2.45) is 10.5 Å². The Morgan fingerprint density at radius 1 is 1.10 bits per heavy atom. The zero-order chi connectivity index (χ0) is 14.2.